The molecule has 0 aliphatic carbocycles. The summed E-state index contributed by atoms with van der Waals surface area (Å²) in [5, 5.41) is 2.62. The molecule has 0 aliphatic heterocycles. The van der Waals surface area contributed by atoms with E-state index in [2.05, 4.69) is 62.4 Å². The van der Waals surface area contributed by atoms with Gasteiger partial charge in [0.2, 0.25) is 0 Å². The Labute approximate surface area is 98.6 Å². The highest BCUT2D eigenvalue weighted by atomic mass is 14.0. The predicted molar refractivity (Wildman–Crippen MR) is 74.6 cm³/mol. The van der Waals surface area contributed by atoms with Crippen molar-refractivity contribution in [1.29, 1.82) is 0 Å². The van der Waals surface area contributed by atoms with E-state index in [1.54, 1.807) is 0 Å². The molecule has 0 fully saturated rings. The molecule has 0 N–H and O–H groups in total. The molecule has 0 unspecified atom stereocenters. The molecule has 0 saturated carbocycles. The fourth-order valence-corrected chi connectivity index (χ4v) is 1.60. The molecule has 0 bridgehead atoms. The van der Waals surface area contributed by atoms with E-state index in [4.69, 9.17) is 0 Å². The van der Waals surface area contributed by atoms with Crippen molar-refractivity contribution >= 4 is 16.3 Å². The summed E-state index contributed by atoms with van der Waals surface area (Å²) in [4.78, 5) is 0. The highest BCUT2D eigenvalue weighted by molar-refractivity contribution is 5.85. The zero-order valence-electron chi connectivity index (χ0n) is 10.6. The Kier molecular flexibility index (Phi) is 4.78. The van der Waals surface area contributed by atoms with Crippen LogP contribution in [0.15, 0.2) is 48.5 Å². The number of rotatable bonds is 1. The van der Waals surface area contributed by atoms with Crippen LogP contribution in [0.3, 0.4) is 0 Å². The van der Waals surface area contributed by atoms with Crippen LogP contribution in [0.2, 0.25) is 0 Å². The Morgan fingerprint density at radius 2 is 1.56 bits per heavy atom. The lowest BCUT2D eigenvalue weighted by molar-refractivity contribution is 1.50. The van der Waals surface area contributed by atoms with E-state index in [-0.39, 0.29) is 0 Å². The zero-order chi connectivity index (χ0) is 12.0. The van der Waals surface area contributed by atoms with Crippen LogP contribution in [-0.2, 0) is 0 Å². The van der Waals surface area contributed by atoms with Gasteiger partial charge in [-0.3, -0.25) is 0 Å². The second kappa shape index (κ2) is 6.12. The third-order valence-corrected chi connectivity index (χ3v) is 2.64. The molecule has 0 heterocycles. The van der Waals surface area contributed by atoms with Gasteiger partial charge in [-0.1, -0.05) is 56.3 Å². The number of hydrogen-bond acceptors (Lipinski definition) is 0. The first-order valence-corrected chi connectivity index (χ1v) is 5.93. The molecule has 0 nitrogen and oxygen atoms in total. The lowest BCUT2D eigenvalue weighted by Crippen LogP contribution is -1.79. The van der Waals surface area contributed by atoms with Crippen LogP contribution in [0.25, 0.3) is 16.3 Å². The van der Waals surface area contributed by atoms with E-state index in [1.807, 2.05) is 13.8 Å². The maximum Gasteiger partial charge on any atom is -0.0178 e. The van der Waals surface area contributed by atoms with Gasteiger partial charge in [-0.2, -0.15) is 0 Å². The number of fused-ring (bicyclic) bond motifs is 1. The average molecular weight is 212 g/mol. The van der Waals surface area contributed by atoms with E-state index >= 15 is 0 Å². The lowest BCUT2D eigenvalue weighted by Gasteiger charge is -2.03. The van der Waals surface area contributed by atoms with Crippen molar-refractivity contribution in [1.82, 2.24) is 0 Å². The Hall–Kier alpha value is -1.56. The molecule has 2 rings (SSSR count). The summed E-state index contributed by atoms with van der Waals surface area (Å²) in [6.07, 6.45) is 2.14. The molecule has 0 aromatic heterocycles. The quantitative estimate of drug-likeness (QED) is 0.602. The molecule has 84 valence electrons. The van der Waals surface area contributed by atoms with Crippen LogP contribution in [-0.4, -0.2) is 0 Å². The maximum atomic E-state index is 2.24. The van der Waals surface area contributed by atoms with Gasteiger partial charge in [-0.15, -0.1) is 0 Å². The molecule has 2 aromatic carbocycles. The van der Waals surface area contributed by atoms with Crippen molar-refractivity contribution in [3.05, 3.63) is 54.1 Å². The van der Waals surface area contributed by atoms with Crippen molar-refractivity contribution < 1.29 is 0 Å². The average Bonchev–Trinajstić information content (AvgIpc) is 2.39. The van der Waals surface area contributed by atoms with Crippen LogP contribution >= 0.6 is 0 Å². The highest BCUT2D eigenvalue weighted by Gasteiger charge is 1.96. The summed E-state index contributed by atoms with van der Waals surface area (Å²) < 4.78 is 0. The summed E-state index contributed by atoms with van der Waals surface area (Å²) in [6.45, 7) is 8.22. The van der Waals surface area contributed by atoms with Crippen molar-refractivity contribution in [3.63, 3.8) is 0 Å². The molecule has 0 heteroatoms. The minimum atomic E-state index is 1.31. The predicted octanol–water partition coefficient (Wildman–Crippen LogP) is 5.29. The topological polar surface area (TPSA) is 0 Å². The smallest absolute Gasteiger partial charge is 0.0178 e. The molecule has 0 radical (unpaired) electrons. The fraction of sp³-hybridized carbons (Fsp3) is 0.250. The van der Waals surface area contributed by atoms with Gasteiger partial charge in [-0.05, 0) is 41.8 Å². The van der Waals surface area contributed by atoms with Crippen LogP contribution < -0.4 is 0 Å². The van der Waals surface area contributed by atoms with E-state index < -0.39 is 0 Å². The Morgan fingerprint density at radius 1 is 0.938 bits per heavy atom. The molecule has 0 spiro atoms. The molecule has 0 saturated heterocycles. The summed E-state index contributed by atoms with van der Waals surface area (Å²) in [5.41, 5.74) is 2.64. The third kappa shape index (κ3) is 2.73. The first-order chi connectivity index (χ1) is 7.81. The Bertz CT molecular complexity index is 478. The first kappa shape index (κ1) is 12.5. The SMILES string of the molecule is C/C=C(\C)c1ccc2ccccc2c1.CC. The Balaban J connectivity index is 0.000000606. The van der Waals surface area contributed by atoms with Gasteiger partial charge in [0, 0.05) is 0 Å². The second-order valence-corrected chi connectivity index (χ2v) is 3.53. The van der Waals surface area contributed by atoms with Crippen molar-refractivity contribution in [3.8, 4) is 0 Å². The summed E-state index contributed by atoms with van der Waals surface area (Å²) in [6, 6.07) is 15.0. The van der Waals surface area contributed by atoms with E-state index in [9.17, 15) is 0 Å². The monoisotopic (exact) mass is 212 g/mol. The molecule has 2 aromatic rings. The van der Waals surface area contributed by atoms with E-state index in [1.165, 1.54) is 21.9 Å². The fourth-order valence-electron chi connectivity index (χ4n) is 1.60. The summed E-state index contributed by atoms with van der Waals surface area (Å²) >= 11 is 0. The van der Waals surface area contributed by atoms with E-state index in [0.29, 0.717) is 0 Å². The molecular formula is C16H20. The third-order valence-electron chi connectivity index (χ3n) is 2.64. The zero-order valence-corrected chi connectivity index (χ0v) is 10.6. The number of benzene rings is 2. The van der Waals surface area contributed by atoms with Gasteiger partial charge in [0.05, 0.1) is 0 Å². The molecule has 0 amide bonds. The lowest BCUT2D eigenvalue weighted by atomic mass is 10.0. The molecule has 0 aliphatic rings. The van der Waals surface area contributed by atoms with Gasteiger partial charge >= 0.3 is 0 Å². The maximum absolute atomic E-state index is 2.24. The van der Waals surface area contributed by atoms with E-state index in [0.717, 1.165) is 0 Å². The number of allylic oxidation sites excluding steroid dienone is 2. The molecular weight excluding hydrogens is 192 g/mol. The minimum absolute atomic E-state index is 1.31. The second-order valence-electron chi connectivity index (χ2n) is 3.53. The van der Waals surface area contributed by atoms with Gasteiger partial charge in [0.15, 0.2) is 0 Å². The van der Waals surface area contributed by atoms with Crippen LogP contribution in [0.1, 0.15) is 33.3 Å². The van der Waals surface area contributed by atoms with Gasteiger partial charge in [0.25, 0.3) is 0 Å². The summed E-state index contributed by atoms with van der Waals surface area (Å²) in [5.74, 6) is 0. The number of hydrogen-bond donors (Lipinski definition) is 0. The van der Waals surface area contributed by atoms with Crippen molar-refractivity contribution in [2.75, 3.05) is 0 Å². The molecule has 0 atom stereocenters. The Morgan fingerprint density at radius 3 is 2.19 bits per heavy atom. The van der Waals surface area contributed by atoms with Crippen molar-refractivity contribution in [2.24, 2.45) is 0 Å². The normalized spacial score (nSPS) is 10.9. The van der Waals surface area contributed by atoms with Crippen LogP contribution in [0.5, 0.6) is 0 Å². The molecule has 16 heavy (non-hydrogen) atoms. The highest BCUT2D eigenvalue weighted by Crippen LogP contribution is 2.20. The van der Waals surface area contributed by atoms with Crippen LogP contribution in [0, 0.1) is 0 Å². The van der Waals surface area contributed by atoms with Gasteiger partial charge in [-0.25, -0.2) is 0 Å². The van der Waals surface area contributed by atoms with Crippen molar-refractivity contribution in [2.45, 2.75) is 27.7 Å². The van der Waals surface area contributed by atoms with Crippen LogP contribution in [0.4, 0.5) is 0 Å². The minimum Gasteiger partial charge on any atom is -0.0841 e. The largest absolute Gasteiger partial charge is 0.0841 e. The first-order valence-electron chi connectivity index (χ1n) is 5.93. The van der Waals surface area contributed by atoms with Gasteiger partial charge in [0.1, 0.15) is 0 Å². The van der Waals surface area contributed by atoms with Gasteiger partial charge < -0.3 is 0 Å². The standard InChI is InChI=1S/C14H14.C2H6/c1-3-11(2)13-9-8-12-6-4-5-7-14(12)10-13;1-2/h3-10H,1-2H3;1-2H3/b11-3+;. The summed E-state index contributed by atoms with van der Waals surface area (Å²) in [7, 11) is 0.